The Morgan fingerprint density at radius 1 is 1.42 bits per heavy atom. The van der Waals surface area contributed by atoms with Crippen molar-refractivity contribution in [2.45, 2.75) is 32.6 Å². The molecular weight excluding hydrogens is 280 g/mol. The van der Waals surface area contributed by atoms with Gasteiger partial charge in [-0.05, 0) is 24.5 Å². The van der Waals surface area contributed by atoms with Crippen molar-refractivity contribution >= 4 is 34.5 Å². The molecule has 6 heteroatoms. The van der Waals surface area contributed by atoms with Gasteiger partial charge in [-0.1, -0.05) is 24.9 Å². The third-order valence-electron chi connectivity index (χ3n) is 3.45. The van der Waals surface area contributed by atoms with E-state index in [1.165, 1.54) is 24.6 Å². The Morgan fingerprint density at radius 3 is 2.63 bits per heavy atom. The molecule has 1 unspecified atom stereocenters. The summed E-state index contributed by atoms with van der Waals surface area (Å²) in [5, 5.41) is 15.9. The number of hydrogen-bond donors (Lipinski definition) is 2. The van der Waals surface area contributed by atoms with Gasteiger partial charge in [-0.15, -0.1) is 11.8 Å². The summed E-state index contributed by atoms with van der Waals surface area (Å²) in [7, 11) is 1.65. The van der Waals surface area contributed by atoms with E-state index in [4.69, 9.17) is 0 Å². The molecule has 0 radical (unpaired) electrons. The Morgan fingerprint density at radius 2 is 2.11 bits per heavy atom. The summed E-state index contributed by atoms with van der Waals surface area (Å²) >= 11 is 3.38. The van der Waals surface area contributed by atoms with Gasteiger partial charge in [0.2, 0.25) is 5.91 Å². The average Bonchev–Trinajstić information content (AvgIpc) is 2.95. The number of nitrogens with zero attached hydrogens (tertiary/aromatic N) is 1. The Labute approximate surface area is 124 Å². The van der Waals surface area contributed by atoms with E-state index in [2.05, 4.69) is 17.4 Å². The molecule has 2 N–H and O–H groups in total. The van der Waals surface area contributed by atoms with Gasteiger partial charge >= 0.3 is 0 Å². The Bertz CT molecular complexity index is 305. The van der Waals surface area contributed by atoms with Gasteiger partial charge in [-0.25, -0.2) is 0 Å². The fourth-order valence-electron chi connectivity index (χ4n) is 2.50. The first kappa shape index (κ1) is 16.7. The molecule has 0 spiro atoms. The number of thioether (sulfide) groups is 2. The minimum Gasteiger partial charge on any atom is -0.410 e. The minimum absolute atomic E-state index is 0.0182. The summed E-state index contributed by atoms with van der Waals surface area (Å²) in [5.74, 6) is 3.04. The summed E-state index contributed by atoms with van der Waals surface area (Å²) < 4.78 is 0. The highest BCUT2D eigenvalue weighted by Crippen LogP contribution is 2.34. The van der Waals surface area contributed by atoms with Gasteiger partial charge in [-0.3, -0.25) is 4.79 Å². The summed E-state index contributed by atoms with van der Waals surface area (Å²) in [6.07, 6.45) is 4.46. The molecule has 1 aliphatic carbocycles. The van der Waals surface area contributed by atoms with Gasteiger partial charge in [0, 0.05) is 18.6 Å². The van der Waals surface area contributed by atoms with E-state index < -0.39 is 0 Å². The number of carbonyl (C=O) groups is 1. The number of hydrogen-bond acceptors (Lipinski definition) is 5. The van der Waals surface area contributed by atoms with Gasteiger partial charge in [0.1, 0.15) is 5.04 Å². The molecule has 1 aliphatic rings. The molecule has 0 heterocycles. The maximum absolute atomic E-state index is 12.1. The normalized spacial score (nSPS) is 18.5. The number of oxime groups is 1. The van der Waals surface area contributed by atoms with Crippen LogP contribution in [0.25, 0.3) is 0 Å². The lowest BCUT2D eigenvalue weighted by atomic mass is 9.91. The zero-order chi connectivity index (χ0) is 14.1. The monoisotopic (exact) mass is 304 g/mol. The zero-order valence-electron chi connectivity index (χ0n) is 11.7. The highest BCUT2D eigenvalue weighted by atomic mass is 32.2. The third-order valence-corrected chi connectivity index (χ3v) is 5.65. The Balaban J connectivity index is 2.62. The predicted octanol–water partition coefficient (Wildman–Crippen LogP) is 2.81. The second-order valence-corrected chi connectivity index (χ2v) is 7.13. The van der Waals surface area contributed by atoms with Crippen LogP contribution in [0.1, 0.15) is 32.6 Å². The zero-order valence-corrected chi connectivity index (χ0v) is 13.4. The molecule has 1 saturated carbocycles. The maximum atomic E-state index is 12.1. The molecule has 0 bridgehead atoms. The van der Waals surface area contributed by atoms with Crippen LogP contribution in [0.4, 0.5) is 0 Å². The number of amides is 1. The summed E-state index contributed by atoms with van der Waals surface area (Å²) in [5.41, 5.74) is 0. The first-order chi connectivity index (χ1) is 9.24. The lowest BCUT2D eigenvalue weighted by molar-refractivity contribution is -0.123. The van der Waals surface area contributed by atoms with Crippen LogP contribution in [0.5, 0.6) is 0 Å². The van der Waals surface area contributed by atoms with Gasteiger partial charge < -0.3 is 10.5 Å². The van der Waals surface area contributed by atoms with E-state index in [9.17, 15) is 10.0 Å². The molecule has 4 nitrogen and oxygen atoms in total. The summed E-state index contributed by atoms with van der Waals surface area (Å²) in [6, 6.07) is 0. The number of carbonyl (C=O) groups excluding carboxylic acids is 1. The Hall–Kier alpha value is -0.360. The summed E-state index contributed by atoms with van der Waals surface area (Å²) in [4.78, 5) is 12.1. The largest absolute Gasteiger partial charge is 0.410 e. The van der Waals surface area contributed by atoms with Crippen LogP contribution in [0.2, 0.25) is 0 Å². The molecule has 1 atom stereocenters. The summed E-state index contributed by atoms with van der Waals surface area (Å²) in [6.45, 7) is 2.13. The maximum Gasteiger partial charge on any atom is 0.229 e. The molecule has 19 heavy (non-hydrogen) atoms. The van der Waals surface area contributed by atoms with Crippen LogP contribution in [0, 0.1) is 11.8 Å². The Kier molecular flexibility index (Phi) is 8.37. The molecule has 1 fully saturated rings. The highest BCUT2D eigenvalue weighted by Gasteiger charge is 2.34. The van der Waals surface area contributed by atoms with Crippen molar-refractivity contribution in [3.8, 4) is 0 Å². The predicted molar refractivity (Wildman–Crippen MR) is 84.2 cm³/mol. The molecule has 0 aliphatic heterocycles. The molecule has 110 valence electrons. The van der Waals surface area contributed by atoms with Crippen LogP contribution < -0.4 is 5.32 Å². The van der Waals surface area contributed by atoms with E-state index >= 15 is 0 Å². The van der Waals surface area contributed by atoms with E-state index in [0.717, 1.165) is 30.1 Å². The van der Waals surface area contributed by atoms with Crippen molar-refractivity contribution in [3.05, 3.63) is 0 Å². The SMILES string of the molecule is CCSCCSC(=NO)C(C(=O)NC)C1CCCC1. The molecule has 1 rings (SSSR count). The van der Waals surface area contributed by atoms with E-state index in [-0.39, 0.29) is 11.8 Å². The quantitative estimate of drug-likeness (QED) is 0.250. The van der Waals surface area contributed by atoms with Crippen LogP contribution in [0.3, 0.4) is 0 Å². The van der Waals surface area contributed by atoms with Crippen molar-refractivity contribution < 1.29 is 10.0 Å². The van der Waals surface area contributed by atoms with Gasteiger partial charge in [0.15, 0.2) is 0 Å². The lowest BCUT2D eigenvalue weighted by Gasteiger charge is -2.22. The van der Waals surface area contributed by atoms with Crippen molar-refractivity contribution in [2.24, 2.45) is 17.0 Å². The van der Waals surface area contributed by atoms with Crippen LogP contribution in [0.15, 0.2) is 5.16 Å². The molecule has 0 saturated heterocycles. The third kappa shape index (κ3) is 5.26. The van der Waals surface area contributed by atoms with Crippen molar-refractivity contribution in [1.82, 2.24) is 5.32 Å². The van der Waals surface area contributed by atoms with Gasteiger partial charge in [0.05, 0.1) is 5.92 Å². The molecule has 1 amide bonds. The smallest absolute Gasteiger partial charge is 0.229 e. The number of rotatable bonds is 7. The van der Waals surface area contributed by atoms with Crippen LogP contribution in [-0.4, -0.2) is 40.5 Å². The topological polar surface area (TPSA) is 61.7 Å². The van der Waals surface area contributed by atoms with Gasteiger partial charge in [-0.2, -0.15) is 11.8 Å². The fourth-order valence-corrected chi connectivity index (χ4v) is 4.34. The average molecular weight is 304 g/mol. The van der Waals surface area contributed by atoms with E-state index in [0.29, 0.717) is 11.0 Å². The standard InChI is InChI=1S/C13H24N2O2S2/c1-3-18-8-9-19-13(15-17)11(12(16)14-2)10-6-4-5-7-10/h10-11,17H,3-9H2,1-2H3,(H,14,16). The number of nitrogens with one attached hydrogen (secondary N) is 1. The van der Waals surface area contributed by atoms with E-state index in [1.54, 1.807) is 7.05 Å². The molecule has 0 aromatic carbocycles. The highest BCUT2D eigenvalue weighted by molar-refractivity contribution is 8.14. The van der Waals surface area contributed by atoms with Crippen molar-refractivity contribution in [1.29, 1.82) is 0 Å². The van der Waals surface area contributed by atoms with Crippen molar-refractivity contribution in [2.75, 3.05) is 24.3 Å². The molecule has 0 aromatic rings. The molecule has 0 aromatic heterocycles. The fraction of sp³-hybridized carbons (Fsp3) is 0.846. The first-order valence-electron chi connectivity index (χ1n) is 6.88. The second kappa shape index (κ2) is 9.53. The molecular formula is C13H24N2O2S2. The van der Waals surface area contributed by atoms with Crippen LogP contribution >= 0.6 is 23.5 Å². The lowest BCUT2D eigenvalue weighted by Crippen LogP contribution is -2.36. The van der Waals surface area contributed by atoms with Crippen LogP contribution in [-0.2, 0) is 4.79 Å². The minimum atomic E-state index is -0.269. The first-order valence-corrected chi connectivity index (χ1v) is 9.02. The van der Waals surface area contributed by atoms with Crippen molar-refractivity contribution in [3.63, 3.8) is 0 Å². The van der Waals surface area contributed by atoms with Gasteiger partial charge in [0.25, 0.3) is 0 Å². The second-order valence-electron chi connectivity index (χ2n) is 4.62. The van der Waals surface area contributed by atoms with E-state index in [1.807, 2.05) is 11.8 Å².